The summed E-state index contributed by atoms with van der Waals surface area (Å²) < 4.78 is 8.46. The molecule has 0 unspecified atom stereocenters. The van der Waals surface area contributed by atoms with E-state index in [2.05, 4.69) is 43.0 Å². The molecule has 1 amide bonds. The van der Waals surface area contributed by atoms with E-state index in [1.165, 1.54) is 16.9 Å². The first-order valence-corrected chi connectivity index (χ1v) is 10.2. The first-order chi connectivity index (χ1) is 13.5. The largest absolute Gasteiger partial charge is 0.494 e. The van der Waals surface area contributed by atoms with E-state index in [1.54, 1.807) is 0 Å². The number of ether oxygens (including phenoxy) is 1. The molecule has 1 aromatic heterocycles. The molecule has 3 aromatic rings. The van der Waals surface area contributed by atoms with Crippen LogP contribution < -0.4 is 9.54 Å². The summed E-state index contributed by atoms with van der Waals surface area (Å²) in [5.41, 5.74) is 3.18. The summed E-state index contributed by atoms with van der Waals surface area (Å²) in [7, 11) is 0. The number of nitrogens with zero attached hydrogens (tertiary/aromatic N) is 2. The minimum Gasteiger partial charge on any atom is -0.494 e. The number of thiazole rings is 1. The van der Waals surface area contributed by atoms with E-state index in [1.807, 2.05) is 35.8 Å². The fraction of sp³-hybridized carbons (Fsp3) is 0.304. The summed E-state index contributed by atoms with van der Waals surface area (Å²) in [6.07, 6.45) is 5.79. The third-order valence-electron chi connectivity index (χ3n) is 4.43. The van der Waals surface area contributed by atoms with E-state index in [9.17, 15) is 4.79 Å². The van der Waals surface area contributed by atoms with Gasteiger partial charge in [0.05, 0.1) is 29.8 Å². The molecule has 0 radical (unpaired) electrons. The normalized spacial score (nSPS) is 11.8. The molecule has 5 heteroatoms. The first-order valence-electron chi connectivity index (χ1n) is 9.38. The standard InChI is InChI=1S/C23H24N2O2S/c1-5-13-25-20-12-9-18(16(3)4)15-21(20)28-23(25)24-22(26)14-17-7-10-19(11-8-17)27-6-2/h1,7-12,15-16H,6,13-14H2,2-4H3. The molecule has 3 rings (SSSR count). The maximum absolute atomic E-state index is 12.5. The maximum atomic E-state index is 12.5. The van der Waals surface area contributed by atoms with E-state index in [0.29, 0.717) is 23.9 Å². The number of carbonyl (C=O) groups is 1. The molecule has 0 N–H and O–H groups in total. The Kier molecular flexibility index (Phi) is 6.33. The van der Waals surface area contributed by atoms with E-state index >= 15 is 0 Å². The van der Waals surface area contributed by atoms with E-state index < -0.39 is 0 Å². The van der Waals surface area contributed by atoms with Crippen LogP contribution in [0, 0.1) is 12.3 Å². The SMILES string of the molecule is C#CCn1c(=NC(=O)Cc2ccc(OCC)cc2)sc2cc(C(C)C)ccc21. The lowest BCUT2D eigenvalue weighted by Gasteiger charge is -2.05. The highest BCUT2D eigenvalue weighted by Crippen LogP contribution is 2.23. The first kappa shape index (κ1) is 19.9. The summed E-state index contributed by atoms with van der Waals surface area (Å²) in [4.78, 5) is 17.5. The Morgan fingerprint density at radius 1 is 1.25 bits per heavy atom. The van der Waals surface area contributed by atoms with Gasteiger partial charge in [-0.2, -0.15) is 4.99 Å². The van der Waals surface area contributed by atoms with Crippen molar-refractivity contribution in [3.05, 3.63) is 58.4 Å². The van der Waals surface area contributed by atoms with Gasteiger partial charge in [0.1, 0.15) is 5.75 Å². The zero-order chi connectivity index (χ0) is 20.1. The number of fused-ring (bicyclic) bond motifs is 1. The van der Waals surface area contributed by atoms with Gasteiger partial charge in [0.2, 0.25) is 0 Å². The maximum Gasteiger partial charge on any atom is 0.252 e. The van der Waals surface area contributed by atoms with Gasteiger partial charge in [0.15, 0.2) is 4.80 Å². The lowest BCUT2D eigenvalue weighted by molar-refractivity contribution is -0.117. The van der Waals surface area contributed by atoms with E-state index in [0.717, 1.165) is 21.5 Å². The molecule has 0 aliphatic rings. The molecule has 1 heterocycles. The molecule has 0 bridgehead atoms. The number of benzene rings is 2. The zero-order valence-electron chi connectivity index (χ0n) is 16.4. The smallest absolute Gasteiger partial charge is 0.252 e. The lowest BCUT2D eigenvalue weighted by atomic mass is 10.0. The van der Waals surface area contributed by atoms with Crippen LogP contribution in [0.15, 0.2) is 47.5 Å². The minimum atomic E-state index is -0.189. The second-order valence-electron chi connectivity index (χ2n) is 6.82. The number of carbonyl (C=O) groups excluding carboxylic acids is 1. The van der Waals surface area contributed by atoms with Crippen LogP contribution >= 0.6 is 11.3 Å². The van der Waals surface area contributed by atoms with Gasteiger partial charge < -0.3 is 9.30 Å². The van der Waals surface area contributed by atoms with Crippen molar-refractivity contribution in [2.75, 3.05) is 6.61 Å². The van der Waals surface area contributed by atoms with Crippen molar-refractivity contribution in [3.63, 3.8) is 0 Å². The third kappa shape index (κ3) is 4.52. The van der Waals surface area contributed by atoms with Gasteiger partial charge in [-0.25, -0.2) is 0 Å². The summed E-state index contributed by atoms with van der Waals surface area (Å²) >= 11 is 1.50. The van der Waals surface area contributed by atoms with Crippen molar-refractivity contribution in [1.29, 1.82) is 0 Å². The van der Waals surface area contributed by atoms with Crippen molar-refractivity contribution in [2.45, 2.75) is 39.7 Å². The average molecular weight is 393 g/mol. The molecular formula is C23H24N2O2S. The van der Waals surface area contributed by atoms with Gasteiger partial charge in [-0.3, -0.25) is 4.79 Å². The summed E-state index contributed by atoms with van der Waals surface area (Å²) in [5, 5.41) is 0. The van der Waals surface area contributed by atoms with Crippen LogP contribution in [0.3, 0.4) is 0 Å². The van der Waals surface area contributed by atoms with Gasteiger partial charge in [0.25, 0.3) is 5.91 Å². The molecule has 28 heavy (non-hydrogen) atoms. The lowest BCUT2D eigenvalue weighted by Crippen LogP contribution is -2.17. The summed E-state index contributed by atoms with van der Waals surface area (Å²) in [5.74, 6) is 3.71. The van der Waals surface area contributed by atoms with Crippen molar-refractivity contribution < 1.29 is 9.53 Å². The van der Waals surface area contributed by atoms with Crippen LogP contribution in [0.5, 0.6) is 5.75 Å². The van der Waals surface area contributed by atoms with Crippen LogP contribution in [-0.2, 0) is 17.8 Å². The molecular weight excluding hydrogens is 368 g/mol. The Morgan fingerprint density at radius 3 is 2.64 bits per heavy atom. The quantitative estimate of drug-likeness (QED) is 0.579. The highest BCUT2D eigenvalue weighted by Gasteiger charge is 2.10. The molecule has 4 nitrogen and oxygen atoms in total. The van der Waals surface area contributed by atoms with Gasteiger partial charge in [-0.1, -0.05) is 49.3 Å². The fourth-order valence-electron chi connectivity index (χ4n) is 2.97. The Morgan fingerprint density at radius 2 is 2.00 bits per heavy atom. The number of hydrogen-bond acceptors (Lipinski definition) is 3. The third-order valence-corrected chi connectivity index (χ3v) is 5.47. The minimum absolute atomic E-state index is 0.189. The van der Waals surface area contributed by atoms with Crippen LogP contribution in [0.25, 0.3) is 10.2 Å². The Balaban J connectivity index is 1.92. The summed E-state index contributed by atoms with van der Waals surface area (Å²) in [6.45, 7) is 7.27. The van der Waals surface area contributed by atoms with Gasteiger partial charge in [-0.15, -0.1) is 6.42 Å². The number of rotatable bonds is 6. The zero-order valence-corrected chi connectivity index (χ0v) is 17.3. The van der Waals surface area contributed by atoms with Crippen LogP contribution in [0.1, 0.15) is 37.8 Å². The predicted molar refractivity (Wildman–Crippen MR) is 115 cm³/mol. The predicted octanol–water partition coefficient (Wildman–Crippen LogP) is 4.53. The molecule has 0 saturated carbocycles. The molecule has 0 spiro atoms. The summed E-state index contributed by atoms with van der Waals surface area (Å²) in [6, 6.07) is 13.9. The van der Waals surface area contributed by atoms with Gasteiger partial charge >= 0.3 is 0 Å². The highest BCUT2D eigenvalue weighted by molar-refractivity contribution is 7.16. The number of hydrogen-bond donors (Lipinski definition) is 0. The van der Waals surface area contributed by atoms with Crippen LogP contribution in [0.2, 0.25) is 0 Å². The second kappa shape index (κ2) is 8.90. The molecule has 0 fully saturated rings. The molecule has 0 saturated heterocycles. The average Bonchev–Trinajstić information content (AvgIpc) is 3.00. The Labute approximate surface area is 169 Å². The fourth-order valence-corrected chi connectivity index (χ4v) is 4.06. The second-order valence-corrected chi connectivity index (χ2v) is 7.83. The van der Waals surface area contributed by atoms with Crippen molar-refractivity contribution >= 4 is 27.5 Å². The molecule has 2 aromatic carbocycles. The molecule has 0 aliphatic heterocycles. The number of amides is 1. The Hall–Kier alpha value is -2.84. The van der Waals surface area contributed by atoms with E-state index in [-0.39, 0.29) is 12.3 Å². The van der Waals surface area contributed by atoms with Gasteiger partial charge in [0, 0.05) is 0 Å². The van der Waals surface area contributed by atoms with Gasteiger partial charge in [-0.05, 0) is 48.2 Å². The molecule has 0 aliphatic carbocycles. The van der Waals surface area contributed by atoms with Crippen molar-refractivity contribution in [3.8, 4) is 18.1 Å². The number of terminal acetylenes is 1. The molecule has 144 valence electrons. The van der Waals surface area contributed by atoms with E-state index in [4.69, 9.17) is 11.2 Å². The van der Waals surface area contributed by atoms with Crippen LogP contribution in [-0.4, -0.2) is 17.1 Å². The topological polar surface area (TPSA) is 43.6 Å². The molecule has 0 atom stereocenters. The van der Waals surface area contributed by atoms with Crippen LogP contribution in [0.4, 0.5) is 0 Å². The number of aromatic nitrogens is 1. The van der Waals surface area contributed by atoms with Crippen molar-refractivity contribution in [1.82, 2.24) is 4.57 Å². The van der Waals surface area contributed by atoms with Crippen molar-refractivity contribution in [2.24, 2.45) is 4.99 Å². The Bertz CT molecular complexity index is 1080. The monoisotopic (exact) mass is 392 g/mol. The highest BCUT2D eigenvalue weighted by atomic mass is 32.1.